The molecule has 2 spiro atoms. The van der Waals surface area contributed by atoms with Crippen molar-refractivity contribution in [3.63, 3.8) is 0 Å². The molecule has 200 valence electrons. The molecule has 4 heterocycles. The topological polar surface area (TPSA) is 92.8 Å². The average Bonchev–Trinajstić information content (AvgIpc) is 3.54. The summed E-state index contributed by atoms with van der Waals surface area (Å²) in [6.45, 7) is 8.77. The summed E-state index contributed by atoms with van der Waals surface area (Å²) in [6, 6.07) is 0. The maximum absolute atomic E-state index is 13.0. The molecule has 0 aromatic carbocycles. The molecule has 9 atom stereocenters. The zero-order chi connectivity index (χ0) is 26.0. The van der Waals surface area contributed by atoms with Crippen LogP contribution in [0.1, 0.15) is 53.4 Å². The highest BCUT2D eigenvalue weighted by Crippen LogP contribution is 2.72. The van der Waals surface area contributed by atoms with E-state index in [2.05, 4.69) is 19.9 Å². The number of esters is 2. The standard InChI is InChI=1S/C29H36O8/c1-17-9-10-28-15-32-25(31)12-18(2)13-26-34-19(3)20(35-26)7-5-6-8-24(30)37-21-14-23(36-22(28)11-17)29(16-33-29)27(21,28)4/h5-8,11-12,19-23,26H,9-10,13-16H2,1-4H3/b7-5+,8-6+,18-12+/t19-,20-,21-,22-,23?,26?,27+,28+,29-/m1/s1. The summed E-state index contributed by atoms with van der Waals surface area (Å²) in [7, 11) is 0. The lowest BCUT2D eigenvalue weighted by Gasteiger charge is -2.58. The fourth-order valence-electron chi connectivity index (χ4n) is 7.32. The van der Waals surface area contributed by atoms with Gasteiger partial charge in [0.1, 0.15) is 24.4 Å². The highest BCUT2D eigenvalue weighted by Gasteiger charge is 2.83. The van der Waals surface area contributed by atoms with Crippen molar-refractivity contribution >= 4 is 11.9 Å². The molecule has 4 aliphatic heterocycles. The Morgan fingerprint density at radius 1 is 0.973 bits per heavy atom. The van der Waals surface area contributed by atoms with Crippen molar-refractivity contribution in [1.82, 2.24) is 0 Å². The van der Waals surface area contributed by atoms with Gasteiger partial charge in [0.15, 0.2) is 6.29 Å². The predicted octanol–water partition coefficient (Wildman–Crippen LogP) is 3.71. The zero-order valence-electron chi connectivity index (χ0n) is 21.9. The van der Waals surface area contributed by atoms with Gasteiger partial charge in [-0.05, 0) is 33.6 Å². The molecule has 0 aromatic rings. The minimum Gasteiger partial charge on any atom is -0.462 e. The number of epoxide rings is 1. The molecule has 3 saturated heterocycles. The highest BCUT2D eigenvalue weighted by atomic mass is 16.7. The molecule has 8 nitrogen and oxygen atoms in total. The van der Waals surface area contributed by atoms with Gasteiger partial charge in [0.25, 0.3) is 0 Å². The van der Waals surface area contributed by atoms with Gasteiger partial charge in [-0.15, -0.1) is 0 Å². The first kappa shape index (κ1) is 25.0. The normalized spacial score (nSPS) is 50.5. The van der Waals surface area contributed by atoms with Gasteiger partial charge in [-0.3, -0.25) is 0 Å². The van der Waals surface area contributed by atoms with Crippen LogP contribution in [-0.2, 0) is 38.0 Å². The summed E-state index contributed by atoms with van der Waals surface area (Å²) in [4.78, 5) is 26.0. The lowest BCUT2D eigenvalue weighted by atomic mass is 9.51. The maximum atomic E-state index is 13.0. The van der Waals surface area contributed by atoms with E-state index >= 15 is 0 Å². The van der Waals surface area contributed by atoms with Gasteiger partial charge in [0.2, 0.25) is 0 Å². The summed E-state index contributed by atoms with van der Waals surface area (Å²) in [5.41, 5.74) is 0.362. The second kappa shape index (κ2) is 8.90. The van der Waals surface area contributed by atoms with Crippen molar-refractivity contribution in [3.8, 4) is 0 Å². The van der Waals surface area contributed by atoms with Crippen LogP contribution in [0.25, 0.3) is 0 Å². The van der Waals surface area contributed by atoms with Crippen molar-refractivity contribution in [2.45, 2.75) is 95.8 Å². The highest BCUT2D eigenvalue weighted by molar-refractivity contribution is 5.83. The van der Waals surface area contributed by atoms with Crippen LogP contribution in [0.15, 0.2) is 47.6 Å². The average molecular weight is 513 g/mol. The Balaban J connectivity index is 1.37. The Bertz CT molecular complexity index is 1100. The van der Waals surface area contributed by atoms with Gasteiger partial charge in [-0.25, -0.2) is 9.59 Å². The SMILES string of the molecule is CC1=C[C@H]2OC3C[C@H]4OC(=O)/C=C/C=C/[C@H]5OC(C/C(C)=C/C(=O)OC[C@]2(CC1)[C@@]4(C)[C@@]31CO1)O[C@@H]5C. The largest absolute Gasteiger partial charge is 0.462 e. The van der Waals surface area contributed by atoms with Gasteiger partial charge in [0.05, 0.1) is 30.3 Å². The van der Waals surface area contributed by atoms with Gasteiger partial charge in [0, 0.05) is 30.4 Å². The molecule has 6 aliphatic rings. The second-order valence-electron chi connectivity index (χ2n) is 11.7. The smallest absolute Gasteiger partial charge is 0.331 e. The molecule has 4 fully saturated rings. The van der Waals surface area contributed by atoms with Crippen LogP contribution in [0.4, 0.5) is 0 Å². The first-order chi connectivity index (χ1) is 17.7. The predicted molar refractivity (Wildman–Crippen MR) is 132 cm³/mol. The van der Waals surface area contributed by atoms with Crippen molar-refractivity contribution in [3.05, 3.63) is 47.6 Å². The van der Waals surface area contributed by atoms with Crippen LogP contribution >= 0.6 is 0 Å². The number of fused-ring (bicyclic) bond motifs is 2. The molecular formula is C29H36O8. The molecule has 0 N–H and O–H groups in total. The Kier molecular flexibility index (Phi) is 6.02. The van der Waals surface area contributed by atoms with Crippen LogP contribution < -0.4 is 0 Å². The van der Waals surface area contributed by atoms with Crippen molar-refractivity contribution in [1.29, 1.82) is 0 Å². The van der Waals surface area contributed by atoms with Gasteiger partial charge in [-0.1, -0.05) is 42.4 Å². The Morgan fingerprint density at radius 3 is 2.57 bits per heavy atom. The Hall–Kier alpha value is -2.26. The van der Waals surface area contributed by atoms with E-state index in [1.165, 1.54) is 17.7 Å². The number of hydrogen-bond donors (Lipinski definition) is 0. The third kappa shape index (κ3) is 3.87. The number of cyclic esters (lactones) is 1. The van der Waals surface area contributed by atoms with E-state index in [0.717, 1.165) is 18.4 Å². The van der Waals surface area contributed by atoms with E-state index in [9.17, 15) is 9.59 Å². The number of hydrogen-bond acceptors (Lipinski definition) is 8. The molecule has 0 aromatic heterocycles. The molecule has 4 bridgehead atoms. The molecular weight excluding hydrogens is 476 g/mol. The molecule has 6 rings (SSSR count). The van der Waals surface area contributed by atoms with E-state index in [0.29, 0.717) is 19.4 Å². The summed E-state index contributed by atoms with van der Waals surface area (Å²) >= 11 is 0. The number of ether oxygens (including phenoxy) is 6. The fourth-order valence-corrected chi connectivity index (χ4v) is 7.32. The molecule has 2 aliphatic carbocycles. The molecule has 2 unspecified atom stereocenters. The van der Waals surface area contributed by atoms with E-state index < -0.39 is 40.8 Å². The van der Waals surface area contributed by atoms with Crippen molar-refractivity contribution < 1.29 is 38.0 Å². The Labute approximate surface area is 217 Å². The number of carbonyl (C=O) groups excluding carboxylic acids is 2. The van der Waals surface area contributed by atoms with Gasteiger partial charge < -0.3 is 28.4 Å². The molecule has 0 amide bonds. The second-order valence-corrected chi connectivity index (χ2v) is 11.7. The minimum absolute atomic E-state index is 0.147. The molecule has 8 heteroatoms. The zero-order valence-corrected chi connectivity index (χ0v) is 21.9. The van der Waals surface area contributed by atoms with E-state index in [1.54, 1.807) is 12.2 Å². The number of rotatable bonds is 0. The number of carbonyl (C=O) groups is 2. The maximum Gasteiger partial charge on any atom is 0.331 e. The van der Waals surface area contributed by atoms with Crippen LogP contribution in [0.5, 0.6) is 0 Å². The summed E-state index contributed by atoms with van der Waals surface area (Å²) in [5.74, 6) is -0.828. The fraction of sp³-hybridized carbons (Fsp3) is 0.655. The minimum atomic E-state index is -0.590. The van der Waals surface area contributed by atoms with Crippen molar-refractivity contribution in [2.75, 3.05) is 13.2 Å². The Morgan fingerprint density at radius 2 is 1.78 bits per heavy atom. The monoisotopic (exact) mass is 512 g/mol. The quantitative estimate of drug-likeness (QED) is 0.276. The van der Waals surface area contributed by atoms with Gasteiger partial charge in [-0.2, -0.15) is 0 Å². The van der Waals surface area contributed by atoms with Crippen LogP contribution in [0, 0.1) is 10.8 Å². The summed E-state index contributed by atoms with van der Waals surface area (Å²) in [5, 5.41) is 0. The van der Waals surface area contributed by atoms with Crippen LogP contribution in [0.2, 0.25) is 0 Å². The molecule has 0 radical (unpaired) electrons. The third-order valence-corrected chi connectivity index (χ3v) is 9.58. The first-order valence-corrected chi connectivity index (χ1v) is 13.3. The third-order valence-electron chi connectivity index (χ3n) is 9.58. The summed E-state index contributed by atoms with van der Waals surface area (Å²) < 4.78 is 36.8. The summed E-state index contributed by atoms with van der Waals surface area (Å²) in [6.07, 6.45) is 11.3. The van der Waals surface area contributed by atoms with Crippen LogP contribution in [0.3, 0.4) is 0 Å². The first-order valence-electron chi connectivity index (χ1n) is 13.3. The number of allylic oxidation sites excluding steroid dienone is 3. The van der Waals surface area contributed by atoms with E-state index in [4.69, 9.17) is 28.4 Å². The van der Waals surface area contributed by atoms with Crippen molar-refractivity contribution in [2.24, 2.45) is 10.8 Å². The van der Waals surface area contributed by atoms with E-state index in [1.807, 2.05) is 19.9 Å². The van der Waals surface area contributed by atoms with E-state index in [-0.39, 0.29) is 31.0 Å². The molecule has 1 saturated carbocycles. The van der Waals surface area contributed by atoms with Gasteiger partial charge >= 0.3 is 11.9 Å². The lowest BCUT2D eigenvalue weighted by molar-refractivity contribution is -0.232. The molecule has 37 heavy (non-hydrogen) atoms. The lowest BCUT2D eigenvalue weighted by Crippen LogP contribution is -2.66. The van der Waals surface area contributed by atoms with Crippen LogP contribution in [-0.4, -0.2) is 67.6 Å².